The molecule has 3 aromatic carbocycles. The fourth-order valence-electron chi connectivity index (χ4n) is 3.57. The van der Waals surface area contributed by atoms with Gasteiger partial charge < -0.3 is 5.11 Å². The van der Waals surface area contributed by atoms with Crippen molar-refractivity contribution in [3.8, 4) is 5.75 Å². The highest BCUT2D eigenvalue weighted by Crippen LogP contribution is 2.44. The quantitative estimate of drug-likeness (QED) is 0.506. The van der Waals surface area contributed by atoms with Gasteiger partial charge in [-0.2, -0.15) is 0 Å². The average molecular weight is 438 g/mol. The molecule has 0 unspecified atom stereocenters. The van der Waals surface area contributed by atoms with Gasteiger partial charge in [-0.25, -0.2) is 12.7 Å². The fraction of sp³-hybridized carbons (Fsp3) is 0.308. The van der Waals surface area contributed by atoms with E-state index in [1.807, 2.05) is 59.7 Å². The molecule has 0 aromatic heterocycles. The summed E-state index contributed by atoms with van der Waals surface area (Å²) < 4.78 is 29.0. The van der Waals surface area contributed by atoms with Crippen LogP contribution in [0.15, 0.2) is 77.7 Å². The van der Waals surface area contributed by atoms with Crippen LogP contribution in [-0.4, -0.2) is 13.5 Å². The van der Waals surface area contributed by atoms with E-state index in [9.17, 15) is 13.5 Å². The highest BCUT2D eigenvalue weighted by molar-refractivity contribution is 7.93. The summed E-state index contributed by atoms with van der Waals surface area (Å²) in [5, 5.41) is 11.1. The van der Waals surface area contributed by atoms with Crippen LogP contribution < -0.4 is 4.31 Å². The van der Waals surface area contributed by atoms with E-state index >= 15 is 0 Å². The Morgan fingerprint density at radius 3 is 1.52 bits per heavy atom. The van der Waals surface area contributed by atoms with Gasteiger partial charge in [0.15, 0.2) is 0 Å². The van der Waals surface area contributed by atoms with Crippen molar-refractivity contribution >= 4 is 21.4 Å². The van der Waals surface area contributed by atoms with E-state index in [-0.39, 0.29) is 21.5 Å². The maximum absolute atomic E-state index is 13.8. The van der Waals surface area contributed by atoms with Crippen molar-refractivity contribution in [2.75, 3.05) is 4.31 Å². The molecule has 0 radical (unpaired) electrons. The highest BCUT2D eigenvalue weighted by atomic mass is 32.2. The Labute approximate surface area is 186 Å². The first-order valence-electron chi connectivity index (χ1n) is 10.4. The monoisotopic (exact) mass is 437 g/mol. The first kappa shape index (κ1) is 22.9. The third kappa shape index (κ3) is 4.62. The summed E-state index contributed by atoms with van der Waals surface area (Å²) in [6.45, 7) is 12.1. The maximum atomic E-state index is 13.8. The molecule has 4 nitrogen and oxygen atoms in total. The molecule has 0 heterocycles. The van der Waals surface area contributed by atoms with Gasteiger partial charge in [0.2, 0.25) is 0 Å². The zero-order valence-electron chi connectivity index (χ0n) is 19.0. The molecule has 0 saturated heterocycles. The predicted molar refractivity (Wildman–Crippen MR) is 128 cm³/mol. The molecule has 0 atom stereocenters. The minimum Gasteiger partial charge on any atom is -0.507 e. The smallest absolute Gasteiger partial charge is 0.268 e. The number of phenolic OH excluding ortho intramolecular Hbond substituents is 1. The zero-order chi connectivity index (χ0) is 23.0. The highest BCUT2D eigenvalue weighted by Gasteiger charge is 2.32. The van der Waals surface area contributed by atoms with Gasteiger partial charge in [-0.3, -0.25) is 0 Å². The Morgan fingerprint density at radius 1 is 0.677 bits per heavy atom. The van der Waals surface area contributed by atoms with Crippen LogP contribution >= 0.6 is 0 Å². The van der Waals surface area contributed by atoms with Crippen molar-refractivity contribution in [1.82, 2.24) is 0 Å². The molecule has 0 fully saturated rings. The molecule has 0 bridgehead atoms. The van der Waals surface area contributed by atoms with Crippen LogP contribution in [0.2, 0.25) is 0 Å². The molecule has 0 amide bonds. The van der Waals surface area contributed by atoms with Gasteiger partial charge in [0.1, 0.15) is 5.75 Å². The number of nitrogens with zero attached hydrogens (tertiary/aromatic N) is 1. The van der Waals surface area contributed by atoms with E-state index in [1.54, 1.807) is 54.6 Å². The SMILES string of the molecule is CC(C)(C)c1cc(N(c2ccccc2)S(=O)(=O)c2ccccc2)cc(C(C)(C)C)c1O. The molecule has 0 aliphatic heterocycles. The number of hydrogen-bond donors (Lipinski definition) is 1. The molecular weight excluding hydrogens is 406 g/mol. The summed E-state index contributed by atoms with van der Waals surface area (Å²) in [4.78, 5) is 0.210. The van der Waals surface area contributed by atoms with Crippen molar-refractivity contribution in [3.63, 3.8) is 0 Å². The van der Waals surface area contributed by atoms with E-state index in [4.69, 9.17) is 0 Å². The van der Waals surface area contributed by atoms with Crippen LogP contribution in [0.5, 0.6) is 5.75 Å². The van der Waals surface area contributed by atoms with Gasteiger partial charge in [-0.15, -0.1) is 0 Å². The van der Waals surface area contributed by atoms with Crippen LogP contribution in [-0.2, 0) is 20.9 Å². The van der Waals surface area contributed by atoms with E-state index < -0.39 is 10.0 Å². The first-order chi connectivity index (χ1) is 14.3. The molecule has 0 saturated carbocycles. The lowest BCUT2D eigenvalue weighted by Gasteiger charge is -2.31. The predicted octanol–water partition coefficient (Wildman–Crippen LogP) is 6.51. The molecule has 3 rings (SSSR count). The molecule has 164 valence electrons. The zero-order valence-corrected chi connectivity index (χ0v) is 19.9. The largest absolute Gasteiger partial charge is 0.507 e. The normalized spacial score (nSPS) is 12.6. The molecule has 0 aliphatic carbocycles. The number of hydrogen-bond acceptors (Lipinski definition) is 3. The molecule has 3 aromatic rings. The standard InChI is InChI=1S/C26H31NO3S/c1-25(2,3)22-17-20(18-23(24(22)28)26(4,5)6)27(19-13-9-7-10-14-19)31(29,30)21-15-11-8-12-16-21/h7-18,28H,1-6H3. The second-order valence-electron chi connectivity index (χ2n) is 9.81. The van der Waals surface area contributed by atoms with Gasteiger partial charge in [0, 0.05) is 11.1 Å². The molecular formula is C26H31NO3S. The fourth-order valence-corrected chi connectivity index (χ4v) is 5.06. The van der Waals surface area contributed by atoms with E-state index in [0.717, 1.165) is 0 Å². The Kier molecular flexibility index (Phi) is 5.94. The third-order valence-corrected chi connectivity index (χ3v) is 6.99. The summed E-state index contributed by atoms with van der Waals surface area (Å²) in [6, 6.07) is 21.1. The Hall–Kier alpha value is -2.79. The maximum Gasteiger partial charge on any atom is 0.268 e. The number of phenols is 1. The number of sulfonamides is 1. The lowest BCUT2D eigenvalue weighted by Crippen LogP contribution is -2.28. The number of rotatable bonds is 4. The Balaban J connectivity index is 2.38. The van der Waals surface area contributed by atoms with Crippen LogP contribution in [0.3, 0.4) is 0 Å². The van der Waals surface area contributed by atoms with Crippen LogP contribution in [0.25, 0.3) is 0 Å². The van der Waals surface area contributed by atoms with Crippen molar-refractivity contribution < 1.29 is 13.5 Å². The van der Waals surface area contributed by atoms with E-state index in [2.05, 4.69) is 0 Å². The van der Waals surface area contributed by atoms with Crippen molar-refractivity contribution in [2.24, 2.45) is 0 Å². The summed E-state index contributed by atoms with van der Waals surface area (Å²) in [5.74, 6) is 0.217. The van der Waals surface area contributed by atoms with Crippen LogP contribution in [0, 0.1) is 0 Å². The van der Waals surface area contributed by atoms with E-state index in [1.165, 1.54) is 4.31 Å². The average Bonchev–Trinajstić information content (AvgIpc) is 2.69. The summed E-state index contributed by atoms with van der Waals surface area (Å²) in [6.07, 6.45) is 0. The molecule has 0 spiro atoms. The Bertz CT molecular complexity index is 1120. The first-order valence-corrected chi connectivity index (χ1v) is 11.8. The van der Waals surface area contributed by atoms with E-state index in [0.29, 0.717) is 22.5 Å². The molecule has 31 heavy (non-hydrogen) atoms. The van der Waals surface area contributed by atoms with Gasteiger partial charge in [-0.1, -0.05) is 77.9 Å². The van der Waals surface area contributed by atoms with Crippen LogP contribution in [0.4, 0.5) is 11.4 Å². The number of para-hydroxylation sites is 1. The lowest BCUT2D eigenvalue weighted by atomic mass is 9.79. The molecule has 1 N–H and O–H groups in total. The summed E-state index contributed by atoms with van der Waals surface area (Å²) in [5.41, 5.74) is 1.70. The summed E-state index contributed by atoms with van der Waals surface area (Å²) >= 11 is 0. The van der Waals surface area contributed by atoms with Crippen LogP contribution in [0.1, 0.15) is 52.7 Å². The van der Waals surface area contributed by atoms with Gasteiger partial charge in [0.05, 0.1) is 16.3 Å². The van der Waals surface area contributed by atoms with Crippen molar-refractivity contribution in [3.05, 3.63) is 83.9 Å². The lowest BCUT2D eigenvalue weighted by molar-refractivity contribution is 0.423. The van der Waals surface area contributed by atoms with Crippen molar-refractivity contribution in [1.29, 1.82) is 0 Å². The number of aromatic hydroxyl groups is 1. The van der Waals surface area contributed by atoms with Crippen molar-refractivity contribution in [2.45, 2.75) is 57.3 Å². The number of anilines is 2. The molecule has 5 heteroatoms. The topological polar surface area (TPSA) is 57.6 Å². The minimum absolute atomic E-state index is 0.210. The van der Waals surface area contributed by atoms with Gasteiger partial charge in [0.25, 0.3) is 10.0 Å². The second-order valence-corrected chi connectivity index (χ2v) is 11.6. The summed E-state index contributed by atoms with van der Waals surface area (Å²) in [7, 11) is -3.89. The van der Waals surface area contributed by atoms with Gasteiger partial charge in [-0.05, 0) is 47.2 Å². The van der Waals surface area contributed by atoms with Gasteiger partial charge >= 0.3 is 0 Å². The second kappa shape index (κ2) is 8.04. The third-order valence-electron chi connectivity index (χ3n) is 5.22. The Morgan fingerprint density at radius 2 is 1.10 bits per heavy atom. The molecule has 0 aliphatic rings. The minimum atomic E-state index is -3.89. The number of benzene rings is 3.